The van der Waals surface area contributed by atoms with E-state index in [9.17, 15) is 13.8 Å². The average Bonchev–Trinajstić information content (AvgIpc) is 2.40. The molecule has 1 aromatic carbocycles. The van der Waals surface area contributed by atoms with Crippen molar-refractivity contribution < 1.29 is 23.6 Å². The maximum Gasteiger partial charge on any atom is 0.335 e. The maximum atomic E-state index is 12.2. The van der Waals surface area contributed by atoms with Crippen molar-refractivity contribution in [2.75, 3.05) is 6.61 Å². The summed E-state index contributed by atoms with van der Waals surface area (Å²) in [7, 11) is -1.38. The Kier molecular flexibility index (Phi) is 6.38. The highest BCUT2D eigenvalue weighted by atomic mass is 32.2. The zero-order chi connectivity index (χ0) is 15.1. The first-order chi connectivity index (χ1) is 9.49. The van der Waals surface area contributed by atoms with Gasteiger partial charge in [0.15, 0.2) is 0 Å². The Morgan fingerprint density at radius 2 is 1.85 bits per heavy atom. The molecule has 0 aliphatic rings. The zero-order valence-corrected chi connectivity index (χ0v) is 12.3. The van der Waals surface area contributed by atoms with Crippen LogP contribution in [0.25, 0.3) is 0 Å². The highest BCUT2D eigenvalue weighted by molar-refractivity contribution is 7.85. The number of carbonyl (C=O) groups is 2. The third-order valence-electron chi connectivity index (χ3n) is 2.75. The minimum absolute atomic E-state index is 0.178. The smallest absolute Gasteiger partial charge is 0.335 e. The quantitative estimate of drug-likeness (QED) is 0.778. The van der Waals surface area contributed by atoms with Crippen molar-refractivity contribution in [1.29, 1.82) is 0 Å². The molecular formula is C14H18O5S. The molecule has 5 nitrogen and oxygen atoms in total. The summed E-state index contributed by atoms with van der Waals surface area (Å²) >= 11 is 0. The molecule has 1 rings (SSSR count). The summed E-state index contributed by atoms with van der Waals surface area (Å²) in [5, 5.41) is 8.15. The van der Waals surface area contributed by atoms with Gasteiger partial charge in [-0.05, 0) is 31.0 Å². The molecule has 2 unspecified atom stereocenters. The van der Waals surface area contributed by atoms with Crippen molar-refractivity contribution >= 4 is 22.7 Å². The van der Waals surface area contributed by atoms with Gasteiger partial charge in [-0.1, -0.05) is 19.1 Å². The summed E-state index contributed by atoms with van der Waals surface area (Å²) in [4.78, 5) is 22.4. The molecule has 0 aliphatic heterocycles. The first-order valence-corrected chi connectivity index (χ1v) is 7.73. The van der Waals surface area contributed by atoms with Gasteiger partial charge in [0.25, 0.3) is 0 Å². The van der Waals surface area contributed by atoms with Gasteiger partial charge in [0, 0.05) is 16.6 Å². The number of carboxylic acids is 1. The van der Waals surface area contributed by atoms with E-state index >= 15 is 0 Å². The fourth-order valence-corrected chi connectivity index (χ4v) is 3.08. The topological polar surface area (TPSA) is 80.7 Å². The molecule has 0 bridgehead atoms. The van der Waals surface area contributed by atoms with Crippen LogP contribution in [-0.4, -0.2) is 33.1 Å². The largest absolute Gasteiger partial charge is 0.478 e. The van der Waals surface area contributed by atoms with Gasteiger partial charge in [-0.3, -0.25) is 9.00 Å². The van der Waals surface area contributed by atoms with Crippen LogP contribution in [0.4, 0.5) is 0 Å². The maximum absolute atomic E-state index is 12.2. The van der Waals surface area contributed by atoms with Gasteiger partial charge >= 0.3 is 11.9 Å². The number of hydrogen-bond donors (Lipinski definition) is 1. The summed E-state index contributed by atoms with van der Waals surface area (Å²) in [6, 6.07) is 6.14. The van der Waals surface area contributed by atoms with Gasteiger partial charge in [0.1, 0.15) is 5.25 Å². The number of ether oxygens (including phenoxy) is 1. The van der Waals surface area contributed by atoms with Crippen LogP contribution in [0.2, 0.25) is 0 Å². The minimum Gasteiger partial charge on any atom is -0.478 e. The first-order valence-electron chi connectivity index (χ1n) is 6.35. The average molecular weight is 298 g/mol. The molecule has 6 heteroatoms. The lowest BCUT2D eigenvalue weighted by atomic mass is 10.1. The number of aromatic carboxylic acids is 1. The highest BCUT2D eigenvalue weighted by Gasteiger charge is 2.24. The Hall–Kier alpha value is -1.69. The lowest BCUT2D eigenvalue weighted by Crippen LogP contribution is -2.28. The Balaban J connectivity index is 2.73. The number of benzene rings is 1. The Labute approximate surface area is 120 Å². The lowest BCUT2D eigenvalue weighted by molar-refractivity contribution is -0.142. The SMILES string of the molecule is CCOC(=O)C(CC)S(=O)Cc1ccc(C(=O)O)cc1. The van der Waals surface area contributed by atoms with Crippen LogP contribution < -0.4 is 0 Å². The normalized spacial score (nSPS) is 13.5. The Morgan fingerprint density at radius 3 is 2.30 bits per heavy atom. The van der Waals surface area contributed by atoms with Crippen molar-refractivity contribution in [3.63, 3.8) is 0 Å². The van der Waals surface area contributed by atoms with Crippen LogP contribution in [0.3, 0.4) is 0 Å². The summed E-state index contributed by atoms with van der Waals surface area (Å²) < 4.78 is 17.1. The third kappa shape index (κ3) is 4.45. The van der Waals surface area contributed by atoms with Crippen LogP contribution in [-0.2, 0) is 26.1 Å². The van der Waals surface area contributed by atoms with Crippen LogP contribution in [0.1, 0.15) is 36.2 Å². The van der Waals surface area contributed by atoms with E-state index in [1.165, 1.54) is 12.1 Å². The summed E-state index contributed by atoms with van der Waals surface area (Å²) in [6.07, 6.45) is 0.443. The van der Waals surface area contributed by atoms with Gasteiger partial charge in [-0.2, -0.15) is 0 Å². The molecule has 0 aromatic heterocycles. The third-order valence-corrected chi connectivity index (χ3v) is 4.53. The van der Waals surface area contributed by atoms with E-state index in [0.717, 1.165) is 5.56 Å². The number of carbonyl (C=O) groups excluding carboxylic acids is 1. The molecule has 0 spiro atoms. The molecule has 20 heavy (non-hydrogen) atoms. The second-order valence-corrected chi connectivity index (χ2v) is 5.80. The van der Waals surface area contributed by atoms with Crippen molar-refractivity contribution in [3.05, 3.63) is 35.4 Å². The van der Waals surface area contributed by atoms with E-state index in [2.05, 4.69) is 0 Å². The molecule has 1 N–H and O–H groups in total. The molecule has 0 aliphatic carbocycles. The molecule has 0 saturated carbocycles. The Morgan fingerprint density at radius 1 is 1.25 bits per heavy atom. The first kappa shape index (κ1) is 16.4. The van der Waals surface area contributed by atoms with Crippen molar-refractivity contribution in [1.82, 2.24) is 0 Å². The van der Waals surface area contributed by atoms with Crippen LogP contribution in [0, 0.1) is 0 Å². The molecule has 0 amide bonds. The van der Waals surface area contributed by atoms with Crippen molar-refractivity contribution in [3.8, 4) is 0 Å². The molecule has 0 fully saturated rings. The number of hydrogen-bond acceptors (Lipinski definition) is 4. The molecule has 110 valence electrons. The predicted molar refractivity (Wildman–Crippen MR) is 76.0 cm³/mol. The van der Waals surface area contributed by atoms with Gasteiger partial charge in [-0.25, -0.2) is 4.79 Å². The standard InChI is InChI=1S/C14H18O5S/c1-3-12(14(17)19-4-2)20(18)9-10-5-7-11(8-6-10)13(15)16/h5-8,12H,3-4,9H2,1-2H3,(H,15,16). The van der Waals surface area contributed by atoms with E-state index in [-0.39, 0.29) is 17.9 Å². The van der Waals surface area contributed by atoms with E-state index in [0.29, 0.717) is 6.42 Å². The van der Waals surface area contributed by atoms with E-state index in [1.807, 2.05) is 0 Å². The van der Waals surface area contributed by atoms with Crippen molar-refractivity contribution in [2.24, 2.45) is 0 Å². The summed E-state index contributed by atoms with van der Waals surface area (Å²) in [5.41, 5.74) is 0.910. The van der Waals surface area contributed by atoms with Crippen LogP contribution >= 0.6 is 0 Å². The number of carboxylic acid groups (broad SMARTS) is 1. The Bertz CT molecular complexity index is 495. The van der Waals surface area contributed by atoms with Gasteiger partial charge in [0.05, 0.1) is 12.2 Å². The highest BCUT2D eigenvalue weighted by Crippen LogP contribution is 2.13. The number of rotatable bonds is 7. The summed E-state index contributed by atoms with van der Waals surface area (Å²) in [6.45, 7) is 3.75. The zero-order valence-electron chi connectivity index (χ0n) is 11.5. The van der Waals surface area contributed by atoms with Gasteiger partial charge in [0.2, 0.25) is 0 Å². The van der Waals surface area contributed by atoms with E-state index in [4.69, 9.17) is 9.84 Å². The molecule has 1 aromatic rings. The predicted octanol–water partition coefficient (Wildman–Crippen LogP) is 1.98. The minimum atomic E-state index is -1.38. The molecular weight excluding hydrogens is 280 g/mol. The summed E-state index contributed by atoms with van der Waals surface area (Å²) in [5.74, 6) is -1.25. The van der Waals surface area contributed by atoms with E-state index in [1.54, 1.807) is 26.0 Å². The van der Waals surface area contributed by atoms with Gasteiger partial charge < -0.3 is 9.84 Å². The second-order valence-electron chi connectivity index (χ2n) is 4.18. The van der Waals surface area contributed by atoms with E-state index < -0.39 is 28.0 Å². The monoisotopic (exact) mass is 298 g/mol. The van der Waals surface area contributed by atoms with Crippen molar-refractivity contribution in [2.45, 2.75) is 31.3 Å². The van der Waals surface area contributed by atoms with Crippen LogP contribution in [0.5, 0.6) is 0 Å². The fraction of sp³-hybridized carbons (Fsp3) is 0.429. The second kappa shape index (κ2) is 7.79. The molecule has 0 saturated heterocycles. The van der Waals surface area contributed by atoms with Gasteiger partial charge in [-0.15, -0.1) is 0 Å². The lowest BCUT2D eigenvalue weighted by Gasteiger charge is -2.13. The molecule has 2 atom stereocenters. The number of esters is 1. The fourth-order valence-electron chi connectivity index (χ4n) is 1.70. The molecule has 0 radical (unpaired) electrons. The molecule has 0 heterocycles. The van der Waals surface area contributed by atoms with Crippen LogP contribution in [0.15, 0.2) is 24.3 Å².